The van der Waals surface area contributed by atoms with E-state index in [4.69, 9.17) is 0 Å². The molecular weight excluding hydrogens is 256 g/mol. The van der Waals surface area contributed by atoms with Crippen molar-refractivity contribution in [2.75, 3.05) is 0 Å². The van der Waals surface area contributed by atoms with Crippen LogP contribution < -0.4 is 5.32 Å². The van der Waals surface area contributed by atoms with E-state index < -0.39 is 11.5 Å². The average molecular weight is 276 g/mol. The first-order valence-corrected chi connectivity index (χ1v) is 6.93. The highest BCUT2D eigenvalue weighted by Gasteiger charge is 2.46. The molecule has 1 heterocycles. The Morgan fingerprint density at radius 1 is 1.40 bits per heavy atom. The summed E-state index contributed by atoms with van der Waals surface area (Å²) >= 11 is 0. The number of aromatic nitrogens is 1. The van der Waals surface area contributed by atoms with E-state index in [2.05, 4.69) is 10.3 Å². The van der Waals surface area contributed by atoms with E-state index in [-0.39, 0.29) is 11.8 Å². The van der Waals surface area contributed by atoms with Crippen molar-refractivity contribution in [3.05, 3.63) is 29.6 Å². The highest BCUT2D eigenvalue weighted by atomic mass is 16.4. The van der Waals surface area contributed by atoms with Gasteiger partial charge in [0.1, 0.15) is 5.54 Å². The van der Waals surface area contributed by atoms with Gasteiger partial charge < -0.3 is 10.4 Å². The summed E-state index contributed by atoms with van der Waals surface area (Å²) in [6.07, 6.45) is 6.26. The largest absolute Gasteiger partial charge is 0.479 e. The van der Waals surface area contributed by atoms with Gasteiger partial charge in [-0.25, -0.2) is 4.79 Å². The van der Waals surface area contributed by atoms with Gasteiger partial charge in [0.2, 0.25) is 0 Å². The van der Waals surface area contributed by atoms with Crippen LogP contribution in [0.2, 0.25) is 0 Å². The van der Waals surface area contributed by atoms with Crippen LogP contribution in [0.3, 0.4) is 0 Å². The summed E-state index contributed by atoms with van der Waals surface area (Å²) in [4.78, 5) is 28.0. The van der Waals surface area contributed by atoms with Crippen molar-refractivity contribution in [3.63, 3.8) is 0 Å². The molecule has 0 aromatic carbocycles. The number of hydrogen-bond acceptors (Lipinski definition) is 3. The minimum absolute atomic E-state index is 0.0736. The molecule has 1 saturated carbocycles. The fourth-order valence-electron chi connectivity index (χ4n) is 2.86. The lowest BCUT2D eigenvalue weighted by molar-refractivity contribution is -0.148. The Morgan fingerprint density at radius 2 is 2.15 bits per heavy atom. The minimum atomic E-state index is -1.15. The van der Waals surface area contributed by atoms with E-state index in [1.165, 1.54) is 6.20 Å². The highest BCUT2D eigenvalue weighted by molar-refractivity contribution is 5.97. The Balaban J connectivity index is 2.24. The highest BCUT2D eigenvalue weighted by Crippen LogP contribution is 2.34. The molecule has 20 heavy (non-hydrogen) atoms. The molecule has 2 unspecified atom stereocenters. The summed E-state index contributed by atoms with van der Waals surface area (Å²) in [6.45, 7) is 3.74. The number of carboxylic acid groups (broad SMARTS) is 1. The predicted octanol–water partition coefficient (Wildman–Crippen LogP) is 2.15. The topological polar surface area (TPSA) is 79.3 Å². The first-order chi connectivity index (χ1) is 9.45. The van der Waals surface area contributed by atoms with Crippen LogP contribution in [0.15, 0.2) is 18.5 Å². The van der Waals surface area contributed by atoms with Crippen molar-refractivity contribution >= 4 is 11.9 Å². The molecular formula is C15H20N2O3. The Bertz CT molecular complexity index is 530. The summed E-state index contributed by atoms with van der Waals surface area (Å²) in [6, 6.07) is 1.71. The van der Waals surface area contributed by atoms with Gasteiger partial charge in [0, 0.05) is 12.4 Å². The summed E-state index contributed by atoms with van der Waals surface area (Å²) in [5.74, 6) is -1.38. The molecule has 1 fully saturated rings. The Kier molecular flexibility index (Phi) is 4.06. The van der Waals surface area contributed by atoms with Crippen molar-refractivity contribution in [1.82, 2.24) is 10.3 Å². The van der Waals surface area contributed by atoms with Gasteiger partial charge in [0.05, 0.1) is 5.56 Å². The molecule has 0 aliphatic heterocycles. The molecule has 2 rings (SSSR count). The third-order valence-corrected chi connectivity index (χ3v) is 4.15. The van der Waals surface area contributed by atoms with Gasteiger partial charge in [-0.2, -0.15) is 0 Å². The molecule has 108 valence electrons. The van der Waals surface area contributed by atoms with Crippen molar-refractivity contribution in [3.8, 4) is 0 Å². The maximum atomic E-state index is 12.3. The van der Waals surface area contributed by atoms with Crippen molar-refractivity contribution < 1.29 is 14.7 Å². The van der Waals surface area contributed by atoms with Gasteiger partial charge >= 0.3 is 5.97 Å². The van der Waals surface area contributed by atoms with Crippen LogP contribution in [0, 0.1) is 12.8 Å². The lowest BCUT2D eigenvalue weighted by Gasteiger charge is -2.39. The van der Waals surface area contributed by atoms with E-state index in [9.17, 15) is 14.7 Å². The smallest absolute Gasteiger partial charge is 0.329 e. The Hall–Kier alpha value is -1.91. The first kappa shape index (κ1) is 14.5. The molecule has 1 amide bonds. The number of carboxylic acids is 1. The number of amides is 1. The molecule has 1 aromatic rings. The molecule has 0 bridgehead atoms. The van der Waals surface area contributed by atoms with Crippen molar-refractivity contribution in [1.29, 1.82) is 0 Å². The van der Waals surface area contributed by atoms with Crippen LogP contribution in [-0.4, -0.2) is 27.5 Å². The number of rotatable bonds is 3. The average Bonchev–Trinajstić information content (AvgIpc) is 2.41. The molecule has 2 atom stereocenters. The number of pyridine rings is 1. The molecule has 5 heteroatoms. The van der Waals surface area contributed by atoms with Gasteiger partial charge in [-0.15, -0.1) is 0 Å². The molecule has 1 aliphatic carbocycles. The van der Waals surface area contributed by atoms with E-state index in [1.54, 1.807) is 12.3 Å². The lowest BCUT2D eigenvalue weighted by Crippen LogP contribution is -2.60. The second-order valence-corrected chi connectivity index (χ2v) is 5.63. The van der Waals surface area contributed by atoms with E-state index >= 15 is 0 Å². The standard InChI is InChI=1S/C15H20N2O3/c1-10-7-12(9-16-8-10)13(18)17-15(14(19)20)6-4-3-5-11(15)2/h7-9,11H,3-6H2,1-2H3,(H,17,18)(H,19,20). The fourth-order valence-corrected chi connectivity index (χ4v) is 2.86. The summed E-state index contributed by atoms with van der Waals surface area (Å²) in [5, 5.41) is 12.3. The van der Waals surface area contributed by atoms with Gasteiger partial charge in [0.15, 0.2) is 0 Å². The monoisotopic (exact) mass is 276 g/mol. The van der Waals surface area contributed by atoms with Crippen LogP contribution in [0.25, 0.3) is 0 Å². The van der Waals surface area contributed by atoms with Crippen LogP contribution in [0.4, 0.5) is 0 Å². The normalized spacial score (nSPS) is 26.0. The molecule has 5 nitrogen and oxygen atoms in total. The van der Waals surface area contributed by atoms with E-state index in [0.29, 0.717) is 12.0 Å². The maximum Gasteiger partial charge on any atom is 0.329 e. The van der Waals surface area contributed by atoms with Crippen LogP contribution in [0.5, 0.6) is 0 Å². The van der Waals surface area contributed by atoms with E-state index in [1.807, 2.05) is 13.8 Å². The summed E-state index contributed by atoms with van der Waals surface area (Å²) in [7, 11) is 0. The number of hydrogen-bond donors (Lipinski definition) is 2. The van der Waals surface area contributed by atoms with Gasteiger partial charge in [-0.1, -0.05) is 19.8 Å². The zero-order valence-corrected chi connectivity index (χ0v) is 11.8. The second-order valence-electron chi connectivity index (χ2n) is 5.63. The number of nitrogens with one attached hydrogen (secondary N) is 1. The summed E-state index contributed by atoms with van der Waals surface area (Å²) in [5.41, 5.74) is 0.126. The number of aryl methyl sites for hydroxylation is 1. The van der Waals surface area contributed by atoms with Gasteiger partial charge in [-0.05, 0) is 37.3 Å². The summed E-state index contributed by atoms with van der Waals surface area (Å²) < 4.78 is 0. The Morgan fingerprint density at radius 3 is 2.75 bits per heavy atom. The molecule has 1 aliphatic rings. The molecule has 1 aromatic heterocycles. The van der Waals surface area contributed by atoms with Crippen molar-refractivity contribution in [2.45, 2.75) is 45.1 Å². The van der Waals surface area contributed by atoms with Gasteiger partial charge in [-0.3, -0.25) is 9.78 Å². The van der Waals surface area contributed by atoms with E-state index in [0.717, 1.165) is 24.8 Å². The zero-order chi connectivity index (χ0) is 14.8. The Labute approximate surface area is 118 Å². The van der Waals surface area contributed by atoms with Crippen molar-refractivity contribution in [2.24, 2.45) is 5.92 Å². The van der Waals surface area contributed by atoms with Crippen LogP contribution >= 0.6 is 0 Å². The lowest BCUT2D eigenvalue weighted by atomic mass is 9.73. The number of nitrogens with zero attached hydrogens (tertiary/aromatic N) is 1. The predicted molar refractivity (Wildman–Crippen MR) is 74.4 cm³/mol. The van der Waals surface area contributed by atoms with Crippen LogP contribution in [0.1, 0.15) is 48.5 Å². The molecule has 0 saturated heterocycles. The van der Waals surface area contributed by atoms with Gasteiger partial charge in [0.25, 0.3) is 5.91 Å². The second kappa shape index (κ2) is 5.61. The number of carbonyl (C=O) groups is 2. The third-order valence-electron chi connectivity index (χ3n) is 4.15. The minimum Gasteiger partial charge on any atom is -0.479 e. The number of aliphatic carboxylic acids is 1. The quantitative estimate of drug-likeness (QED) is 0.886. The molecule has 0 radical (unpaired) electrons. The SMILES string of the molecule is Cc1cncc(C(=O)NC2(C(=O)O)CCCCC2C)c1. The maximum absolute atomic E-state index is 12.3. The third kappa shape index (κ3) is 2.66. The van der Waals surface area contributed by atoms with Crippen LogP contribution in [-0.2, 0) is 4.79 Å². The molecule has 2 N–H and O–H groups in total. The molecule has 0 spiro atoms. The zero-order valence-electron chi connectivity index (χ0n) is 11.8. The first-order valence-electron chi connectivity index (χ1n) is 6.93. The number of carbonyl (C=O) groups excluding carboxylic acids is 1. The fraction of sp³-hybridized carbons (Fsp3) is 0.533.